The second-order valence-corrected chi connectivity index (χ2v) is 5.60. The van der Waals surface area contributed by atoms with Gasteiger partial charge in [0.15, 0.2) is 0 Å². The summed E-state index contributed by atoms with van der Waals surface area (Å²) in [5.41, 5.74) is 1.33. The van der Waals surface area contributed by atoms with Crippen molar-refractivity contribution >= 4 is 11.6 Å². The minimum atomic E-state index is 0.843. The lowest BCUT2D eigenvalue weighted by Crippen LogP contribution is -2.22. The highest BCUT2D eigenvalue weighted by Gasteiger charge is 2.21. The summed E-state index contributed by atoms with van der Waals surface area (Å²) in [7, 11) is 0. The van der Waals surface area contributed by atoms with Crippen LogP contribution in [0.5, 0.6) is 0 Å². The first kappa shape index (κ1) is 13.9. The topological polar surface area (TPSA) is 15.3 Å². The van der Waals surface area contributed by atoms with Crippen LogP contribution in [0.2, 0.25) is 5.02 Å². The van der Waals surface area contributed by atoms with E-state index in [9.17, 15) is 0 Å². The van der Waals surface area contributed by atoms with Crippen molar-refractivity contribution < 1.29 is 0 Å². The Labute approximate surface area is 115 Å². The van der Waals surface area contributed by atoms with Gasteiger partial charge in [-0.2, -0.15) is 0 Å². The predicted molar refractivity (Wildman–Crippen MR) is 78.0 cm³/mol. The van der Waals surface area contributed by atoms with Crippen LogP contribution in [0.25, 0.3) is 0 Å². The molecule has 1 aromatic rings. The molecule has 1 atom stereocenters. The summed E-state index contributed by atoms with van der Waals surface area (Å²) in [4.78, 5) is 2.54. The lowest BCUT2D eigenvalue weighted by atomic mass is 10.1. The van der Waals surface area contributed by atoms with E-state index in [4.69, 9.17) is 11.6 Å². The van der Waals surface area contributed by atoms with Crippen molar-refractivity contribution in [3.05, 3.63) is 34.9 Å². The van der Waals surface area contributed by atoms with Crippen LogP contribution in [0.1, 0.15) is 25.3 Å². The highest BCUT2D eigenvalue weighted by atomic mass is 35.5. The van der Waals surface area contributed by atoms with Crippen molar-refractivity contribution in [1.82, 2.24) is 10.2 Å². The van der Waals surface area contributed by atoms with E-state index in [-0.39, 0.29) is 0 Å². The minimum absolute atomic E-state index is 0.843. The molecule has 0 spiro atoms. The van der Waals surface area contributed by atoms with Crippen LogP contribution in [0, 0.1) is 5.92 Å². The molecule has 1 aliphatic rings. The Morgan fingerprint density at radius 3 is 3.11 bits per heavy atom. The molecule has 2 nitrogen and oxygen atoms in total. The van der Waals surface area contributed by atoms with E-state index in [0.29, 0.717) is 0 Å². The quantitative estimate of drug-likeness (QED) is 0.796. The van der Waals surface area contributed by atoms with Crippen molar-refractivity contribution in [3.8, 4) is 0 Å². The van der Waals surface area contributed by atoms with Crippen LogP contribution < -0.4 is 5.32 Å². The molecule has 3 heteroatoms. The summed E-state index contributed by atoms with van der Waals surface area (Å²) in [6, 6.07) is 8.22. The molecule has 0 amide bonds. The van der Waals surface area contributed by atoms with Crippen LogP contribution in [0.15, 0.2) is 24.3 Å². The summed E-state index contributed by atoms with van der Waals surface area (Å²) in [6.07, 6.45) is 2.64. The van der Waals surface area contributed by atoms with Gasteiger partial charge in [-0.05, 0) is 56.1 Å². The summed E-state index contributed by atoms with van der Waals surface area (Å²) in [5.74, 6) is 0.864. The Kier molecular flexibility index (Phi) is 5.48. The predicted octanol–water partition coefficient (Wildman–Crippen LogP) is 3.16. The third-order valence-corrected chi connectivity index (χ3v) is 3.88. The Morgan fingerprint density at radius 1 is 1.44 bits per heavy atom. The molecule has 0 saturated carbocycles. The van der Waals surface area contributed by atoms with Crippen molar-refractivity contribution in [2.24, 2.45) is 5.92 Å². The zero-order valence-electron chi connectivity index (χ0n) is 11.2. The average molecular weight is 267 g/mol. The van der Waals surface area contributed by atoms with E-state index in [1.165, 1.54) is 31.5 Å². The Hall–Kier alpha value is -0.570. The van der Waals surface area contributed by atoms with Gasteiger partial charge in [-0.1, -0.05) is 30.7 Å². The van der Waals surface area contributed by atoms with Gasteiger partial charge in [0, 0.05) is 18.1 Å². The molecule has 1 heterocycles. The number of halogens is 1. The number of hydrogen-bond donors (Lipinski definition) is 1. The lowest BCUT2D eigenvalue weighted by Gasteiger charge is -2.16. The first-order valence-electron chi connectivity index (χ1n) is 6.95. The Balaban J connectivity index is 1.75. The SMILES string of the molecule is CCNCCC1CCN(Cc2cccc(Cl)c2)C1. The number of benzene rings is 1. The second-order valence-electron chi connectivity index (χ2n) is 5.16. The van der Waals surface area contributed by atoms with E-state index in [1.807, 2.05) is 12.1 Å². The number of likely N-dealkylation sites (tertiary alicyclic amines) is 1. The second kappa shape index (κ2) is 7.13. The van der Waals surface area contributed by atoms with Crippen LogP contribution in [0.3, 0.4) is 0 Å². The average Bonchev–Trinajstić information content (AvgIpc) is 2.77. The molecule has 1 N–H and O–H groups in total. The molecule has 1 saturated heterocycles. The van der Waals surface area contributed by atoms with E-state index in [2.05, 4.69) is 29.3 Å². The molecule has 2 rings (SSSR count). The van der Waals surface area contributed by atoms with Gasteiger partial charge in [0.25, 0.3) is 0 Å². The van der Waals surface area contributed by atoms with Gasteiger partial charge in [-0.25, -0.2) is 0 Å². The van der Waals surface area contributed by atoms with Gasteiger partial charge < -0.3 is 5.32 Å². The maximum absolute atomic E-state index is 6.02. The molecule has 0 bridgehead atoms. The maximum Gasteiger partial charge on any atom is 0.0409 e. The van der Waals surface area contributed by atoms with E-state index in [1.54, 1.807) is 0 Å². The highest BCUT2D eigenvalue weighted by Crippen LogP contribution is 2.21. The molecular weight excluding hydrogens is 244 g/mol. The van der Waals surface area contributed by atoms with E-state index in [0.717, 1.165) is 30.6 Å². The molecule has 1 aromatic carbocycles. The van der Waals surface area contributed by atoms with Crippen molar-refractivity contribution in [3.63, 3.8) is 0 Å². The Bertz CT molecular complexity index is 367. The summed E-state index contributed by atoms with van der Waals surface area (Å²) in [5, 5.41) is 4.25. The third-order valence-electron chi connectivity index (χ3n) is 3.64. The molecule has 100 valence electrons. The highest BCUT2D eigenvalue weighted by molar-refractivity contribution is 6.30. The van der Waals surface area contributed by atoms with Crippen molar-refractivity contribution in [2.45, 2.75) is 26.3 Å². The number of rotatable bonds is 6. The fraction of sp³-hybridized carbons (Fsp3) is 0.600. The fourth-order valence-electron chi connectivity index (χ4n) is 2.67. The van der Waals surface area contributed by atoms with Crippen molar-refractivity contribution in [1.29, 1.82) is 0 Å². The van der Waals surface area contributed by atoms with E-state index >= 15 is 0 Å². The first-order chi connectivity index (χ1) is 8.78. The zero-order valence-corrected chi connectivity index (χ0v) is 11.9. The number of nitrogens with zero attached hydrogens (tertiary/aromatic N) is 1. The van der Waals surface area contributed by atoms with Crippen LogP contribution >= 0.6 is 11.6 Å². The van der Waals surface area contributed by atoms with Crippen molar-refractivity contribution in [2.75, 3.05) is 26.2 Å². The van der Waals surface area contributed by atoms with Crippen LogP contribution in [0.4, 0.5) is 0 Å². The molecule has 1 aliphatic heterocycles. The standard InChI is InChI=1S/C15H23ClN2/c1-2-17-8-6-13-7-9-18(11-13)12-14-4-3-5-15(16)10-14/h3-5,10,13,17H,2,6-9,11-12H2,1H3. The Morgan fingerprint density at radius 2 is 2.33 bits per heavy atom. The van der Waals surface area contributed by atoms with Gasteiger partial charge in [0.05, 0.1) is 0 Å². The molecule has 1 unspecified atom stereocenters. The van der Waals surface area contributed by atoms with Gasteiger partial charge >= 0.3 is 0 Å². The zero-order chi connectivity index (χ0) is 12.8. The molecule has 1 fully saturated rings. The molecule has 18 heavy (non-hydrogen) atoms. The van der Waals surface area contributed by atoms with Gasteiger partial charge in [-0.3, -0.25) is 4.90 Å². The maximum atomic E-state index is 6.02. The van der Waals surface area contributed by atoms with Gasteiger partial charge in [0.1, 0.15) is 0 Å². The summed E-state index contributed by atoms with van der Waals surface area (Å²) >= 11 is 6.02. The first-order valence-corrected chi connectivity index (χ1v) is 7.33. The van der Waals surface area contributed by atoms with Gasteiger partial charge in [-0.15, -0.1) is 0 Å². The smallest absolute Gasteiger partial charge is 0.0409 e. The molecular formula is C15H23ClN2. The summed E-state index contributed by atoms with van der Waals surface area (Å²) < 4.78 is 0. The summed E-state index contributed by atoms with van der Waals surface area (Å²) in [6.45, 7) is 7.91. The van der Waals surface area contributed by atoms with Crippen LogP contribution in [-0.4, -0.2) is 31.1 Å². The number of nitrogens with one attached hydrogen (secondary N) is 1. The number of hydrogen-bond acceptors (Lipinski definition) is 2. The largest absolute Gasteiger partial charge is 0.317 e. The minimum Gasteiger partial charge on any atom is -0.317 e. The normalized spacial score (nSPS) is 20.4. The third kappa shape index (κ3) is 4.27. The van der Waals surface area contributed by atoms with Crippen LogP contribution in [-0.2, 0) is 6.54 Å². The van der Waals surface area contributed by atoms with Gasteiger partial charge in [0.2, 0.25) is 0 Å². The van der Waals surface area contributed by atoms with E-state index < -0.39 is 0 Å². The molecule has 0 aliphatic carbocycles. The molecule has 0 radical (unpaired) electrons. The molecule has 0 aromatic heterocycles. The fourth-order valence-corrected chi connectivity index (χ4v) is 2.88. The lowest BCUT2D eigenvalue weighted by molar-refractivity contribution is 0.313. The monoisotopic (exact) mass is 266 g/mol.